The summed E-state index contributed by atoms with van der Waals surface area (Å²) in [7, 11) is 1.65. The molecule has 2 saturated heterocycles. The second kappa shape index (κ2) is 6.42. The maximum atomic E-state index is 13.0. The minimum atomic E-state index is -4.49. The molecule has 0 aromatic heterocycles. The first-order valence-electron chi connectivity index (χ1n) is 8.81. The highest BCUT2D eigenvalue weighted by molar-refractivity contribution is 5.97. The Balaban J connectivity index is 1.60. The number of carbonyl (C=O) groups is 1. The van der Waals surface area contributed by atoms with Gasteiger partial charge in [0.1, 0.15) is 11.9 Å². The Morgan fingerprint density at radius 1 is 1.15 bits per heavy atom. The molecule has 5 nitrogen and oxygen atoms in total. The molecule has 1 aromatic rings. The van der Waals surface area contributed by atoms with Gasteiger partial charge in [-0.1, -0.05) is 0 Å². The summed E-state index contributed by atoms with van der Waals surface area (Å²) in [6.07, 6.45) is -2.84. The van der Waals surface area contributed by atoms with Gasteiger partial charge in [0.2, 0.25) is 0 Å². The van der Waals surface area contributed by atoms with Gasteiger partial charge in [-0.25, -0.2) is 0 Å². The first kappa shape index (κ1) is 17.6. The van der Waals surface area contributed by atoms with E-state index in [4.69, 9.17) is 9.47 Å². The molecule has 3 aliphatic rings. The molecule has 8 heteroatoms. The van der Waals surface area contributed by atoms with Crippen LogP contribution < -0.4 is 4.74 Å². The number of halogens is 3. The van der Waals surface area contributed by atoms with Crippen LogP contribution in [0.15, 0.2) is 18.2 Å². The number of hydrogen-bond acceptors (Lipinski definition) is 4. The van der Waals surface area contributed by atoms with Crippen LogP contribution in [-0.4, -0.2) is 67.2 Å². The molecule has 1 amide bonds. The summed E-state index contributed by atoms with van der Waals surface area (Å²) < 4.78 is 50.4. The summed E-state index contributed by atoms with van der Waals surface area (Å²) in [5, 5.41) is 0. The fraction of sp³-hybridized carbons (Fsp3) is 0.611. The molecule has 0 aliphatic carbocycles. The van der Waals surface area contributed by atoms with E-state index in [9.17, 15) is 18.0 Å². The molecule has 26 heavy (non-hydrogen) atoms. The summed E-state index contributed by atoms with van der Waals surface area (Å²) >= 11 is 0. The summed E-state index contributed by atoms with van der Waals surface area (Å²) in [4.78, 5) is 16.6. The molecule has 0 radical (unpaired) electrons. The molecule has 4 rings (SSSR count). The fourth-order valence-corrected chi connectivity index (χ4v) is 4.10. The van der Waals surface area contributed by atoms with Gasteiger partial charge in [0.25, 0.3) is 5.91 Å². The van der Waals surface area contributed by atoms with Crippen molar-refractivity contribution in [3.8, 4) is 5.75 Å². The van der Waals surface area contributed by atoms with Crippen molar-refractivity contribution in [1.82, 2.24) is 9.80 Å². The first-order valence-corrected chi connectivity index (χ1v) is 8.81. The number of benzene rings is 1. The third kappa shape index (κ3) is 3.05. The Hall–Kier alpha value is -1.80. The monoisotopic (exact) mass is 370 g/mol. The van der Waals surface area contributed by atoms with E-state index in [0.29, 0.717) is 19.1 Å². The van der Waals surface area contributed by atoms with Crippen molar-refractivity contribution in [3.63, 3.8) is 0 Å². The highest BCUT2D eigenvalue weighted by Crippen LogP contribution is 2.36. The molecule has 0 bridgehead atoms. The minimum absolute atomic E-state index is 0.0191. The summed E-state index contributed by atoms with van der Waals surface area (Å²) in [6, 6.07) is 3.36. The molecule has 3 aliphatic heterocycles. The molecule has 2 fully saturated rings. The lowest BCUT2D eigenvalue weighted by molar-refractivity contribution is -0.137. The third-order valence-electron chi connectivity index (χ3n) is 5.61. The predicted molar refractivity (Wildman–Crippen MR) is 87.2 cm³/mol. The lowest BCUT2D eigenvalue weighted by atomic mass is 10.1. The quantitative estimate of drug-likeness (QED) is 0.761. The molecule has 142 valence electrons. The van der Waals surface area contributed by atoms with Gasteiger partial charge < -0.3 is 14.4 Å². The minimum Gasteiger partial charge on any atom is -0.486 e. The Morgan fingerprint density at radius 3 is 2.58 bits per heavy atom. The van der Waals surface area contributed by atoms with Crippen molar-refractivity contribution in [2.45, 2.75) is 37.2 Å². The van der Waals surface area contributed by atoms with Crippen molar-refractivity contribution >= 4 is 5.91 Å². The standard InChI is InChI=1S/C18H21F3N2O3/c1-22-14-9-23(12-4-6-25-7-5-12)10-16(14)26-15-3-2-11(18(19,20)21)8-13(15)17(22)24/h2-3,8,12,14,16H,4-7,9-10H2,1H3/t14-,16+/m1/s1. The number of fused-ring (bicyclic) bond motifs is 2. The van der Waals surface area contributed by atoms with Crippen LogP contribution in [0.4, 0.5) is 13.2 Å². The van der Waals surface area contributed by atoms with Crippen molar-refractivity contribution in [2.24, 2.45) is 0 Å². The van der Waals surface area contributed by atoms with Crippen LogP contribution in [-0.2, 0) is 10.9 Å². The van der Waals surface area contributed by atoms with Crippen LogP contribution in [0.5, 0.6) is 5.75 Å². The molecule has 0 N–H and O–H groups in total. The van der Waals surface area contributed by atoms with Gasteiger partial charge in [-0.05, 0) is 31.0 Å². The van der Waals surface area contributed by atoms with E-state index < -0.39 is 17.6 Å². The van der Waals surface area contributed by atoms with Crippen molar-refractivity contribution in [3.05, 3.63) is 29.3 Å². The fourth-order valence-electron chi connectivity index (χ4n) is 4.10. The lowest BCUT2D eigenvalue weighted by Gasteiger charge is -2.31. The molecule has 0 spiro atoms. The Morgan fingerprint density at radius 2 is 1.88 bits per heavy atom. The molecular weight excluding hydrogens is 349 g/mol. The van der Waals surface area contributed by atoms with Gasteiger partial charge in [-0.3, -0.25) is 9.69 Å². The number of amides is 1. The molecule has 0 saturated carbocycles. The SMILES string of the molecule is CN1C(=O)c2cc(C(F)(F)F)ccc2O[C@H]2CN(C3CCOCC3)C[C@H]21. The number of ether oxygens (including phenoxy) is 2. The second-order valence-electron chi connectivity index (χ2n) is 7.15. The molecule has 1 aromatic carbocycles. The van der Waals surface area contributed by atoms with Crippen LogP contribution in [0.3, 0.4) is 0 Å². The van der Waals surface area contributed by atoms with E-state index >= 15 is 0 Å². The Kier molecular flexibility index (Phi) is 4.35. The molecule has 0 unspecified atom stereocenters. The average Bonchev–Trinajstić information content (AvgIpc) is 3.01. The lowest BCUT2D eigenvalue weighted by Crippen LogP contribution is -2.44. The van der Waals surface area contributed by atoms with Gasteiger partial charge >= 0.3 is 6.18 Å². The largest absolute Gasteiger partial charge is 0.486 e. The number of rotatable bonds is 1. The van der Waals surface area contributed by atoms with E-state index in [1.165, 1.54) is 11.0 Å². The number of likely N-dealkylation sites (N-methyl/N-ethyl adjacent to an activating group) is 1. The zero-order valence-electron chi connectivity index (χ0n) is 14.5. The summed E-state index contributed by atoms with van der Waals surface area (Å²) in [6.45, 7) is 2.79. The number of carbonyl (C=O) groups excluding carboxylic acids is 1. The first-order chi connectivity index (χ1) is 12.3. The smallest absolute Gasteiger partial charge is 0.416 e. The predicted octanol–water partition coefficient (Wildman–Crippen LogP) is 2.40. The van der Waals surface area contributed by atoms with E-state index in [2.05, 4.69) is 4.90 Å². The van der Waals surface area contributed by atoms with E-state index in [1.54, 1.807) is 7.05 Å². The maximum absolute atomic E-state index is 13.0. The van der Waals surface area contributed by atoms with Crippen molar-refractivity contribution in [1.29, 1.82) is 0 Å². The molecule has 3 heterocycles. The second-order valence-corrected chi connectivity index (χ2v) is 7.15. The van der Waals surface area contributed by atoms with Crippen LogP contribution in [0.25, 0.3) is 0 Å². The van der Waals surface area contributed by atoms with E-state index in [0.717, 1.165) is 38.2 Å². The normalized spacial score (nSPS) is 27.7. The van der Waals surface area contributed by atoms with Crippen LogP contribution in [0.2, 0.25) is 0 Å². The van der Waals surface area contributed by atoms with Gasteiger partial charge in [0, 0.05) is 39.4 Å². The van der Waals surface area contributed by atoms with Gasteiger partial charge in [-0.15, -0.1) is 0 Å². The topological polar surface area (TPSA) is 42.0 Å². The number of hydrogen-bond donors (Lipinski definition) is 0. The Bertz CT molecular complexity index is 703. The summed E-state index contributed by atoms with van der Waals surface area (Å²) in [5.41, 5.74) is -0.855. The van der Waals surface area contributed by atoms with Gasteiger partial charge in [0.15, 0.2) is 0 Å². The van der Waals surface area contributed by atoms with Crippen molar-refractivity contribution < 1.29 is 27.4 Å². The molecule has 2 atom stereocenters. The highest BCUT2D eigenvalue weighted by atomic mass is 19.4. The van der Waals surface area contributed by atoms with Crippen LogP contribution >= 0.6 is 0 Å². The van der Waals surface area contributed by atoms with Gasteiger partial charge in [-0.2, -0.15) is 13.2 Å². The third-order valence-corrected chi connectivity index (χ3v) is 5.61. The number of alkyl halides is 3. The number of likely N-dealkylation sites (tertiary alicyclic amines) is 1. The highest BCUT2D eigenvalue weighted by Gasteiger charge is 2.44. The zero-order valence-corrected chi connectivity index (χ0v) is 14.5. The zero-order chi connectivity index (χ0) is 18.5. The van der Waals surface area contributed by atoms with E-state index in [-0.39, 0.29) is 23.5 Å². The Labute approximate surface area is 149 Å². The van der Waals surface area contributed by atoms with Crippen LogP contribution in [0, 0.1) is 0 Å². The average molecular weight is 370 g/mol. The van der Waals surface area contributed by atoms with Gasteiger partial charge in [0.05, 0.1) is 17.2 Å². The van der Waals surface area contributed by atoms with Crippen molar-refractivity contribution in [2.75, 3.05) is 33.4 Å². The summed E-state index contributed by atoms with van der Waals surface area (Å²) in [5.74, 6) is -0.191. The molecular formula is C18H21F3N2O3. The number of nitrogens with zero attached hydrogens (tertiary/aromatic N) is 2. The van der Waals surface area contributed by atoms with Crippen LogP contribution in [0.1, 0.15) is 28.8 Å². The maximum Gasteiger partial charge on any atom is 0.416 e. The van der Waals surface area contributed by atoms with E-state index in [1.807, 2.05) is 0 Å².